The zero-order valence-corrected chi connectivity index (χ0v) is 15.8. The molecule has 4 heterocycles. The maximum absolute atomic E-state index is 13.0. The van der Waals surface area contributed by atoms with Crippen molar-refractivity contribution >= 4 is 16.9 Å². The highest BCUT2D eigenvalue weighted by Crippen LogP contribution is 2.48. The minimum Gasteiger partial charge on any atom is -0.334 e. The van der Waals surface area contributed by atoms with E-state index in [1.165, 1.54) is 0 Å². The molecule has 1 aromatic carbocycles. The average molecular weight is 381 g/mol. The number of rotatable bonds is 4. The summed E-state index contributed by atoms with van der Waals surface area (Å²) in [5.41, 5.74) is 5.81. The highest BCUT2D eigenvalue weighted by molar-refractivity contribution is 5.99. The molecule has 2 atom stereocenters. The van der Waals surface area contributed by atoms with Gasteiger partial charge in [-0.3, -0.25) is 14.8 Å². The second kappa shape index (κ2) is 6.24. The number of pyridine rings is 2. The van der Waals surface area contributed by atoms with Crippen LogP contribution >= 0.6 is 0 Å². The lowest BCUT2D eigenvalue weighted by atomic mass is 10.1. The van der Waals surface area contributed by atoms with Crippen LogP contribution in [0.1, 0.15) is 34.0 Å². The maximum atomic E-state index is 13.0. The molecule has 4 aromatic rings. The number of fused-ring (bicyclic) bond motifs is 2. The number of nitrogens with zero attached hydrogens (tertiary/aromatic N) is 5. The Hall–Kier alpha value is -3.54. The SMILES string of the molecule is O=C1c2cccc(-n3cccn3)c2CN1CC1CC1c1ccc2ncccc2n1. The second-order valence-corrected chi connectivity index (χ2v) is 7.82. The smallest absolute Gasteiger partial charge is 0.254 e. The van der Waals surface area contributed by atoms with E-state index in [-0.39, 0.29) is 5.91 Å². The lowest BCUT2D eigenvalue weighted by Crippen LogP contribution is -2.26. The summed E-state index contributed by atoms with van der Waals surface area (Å²) in [5, 5.41) is 4.34. The summed E-state index contributed by atoms with van der Waals surface area (Å²) in [4.78, 5) is 24.1. The normalized spacial score (nSPS) is 20.3. The molecule has 0 N–H and O–H groups in total. The fourth-order valence-corrected chi connectivity index (χ4v) is 4.42. The molecule has 1 aliphatic heterocycles. The molecule has 6 heteroatoms. The number of carbonyl (C=O) groups is 1. The summed E-state index contributed by atoms with van der Waals surface area (Å²) in [6, 6.07) is 15.8. The quantitative estimate of drug-likeness (QED) is 0.542. The zero-order chi connectivity index (χ0) is 19.4. The van der Waals surface area contributed by atoms with Crippen LogP contribution in [0.5, 0.6) is 0 Å². The maximum Gasteiger partial charge on any atom is 0.254 e. The van der Waals surface area contributed by atoms with E-state index in [1.54, 1.807) is 12.4 Å². The monoisotopic (exact) mass is 381 g/mol. The van der Waals surface area contributed by atoms with E-state index < -0.39 is 0 Å². The van der Waals surface area contributed by atoms with Crippen molar-refractivity contribution in [2.75, 3.05) is 6.54 Å². The van der Waals surface area contributed by atoms with Gasteiger partial charge in [0.25, 0.3) is 5.91 Å². The summed E-state index contributed by atoms with van der Waals surface area (Å²) in [6.45, 7) is 1.41. The van der Waals surface area contributed by atoms with Gasteiger partial charge in [0.2, 0.25) is 0 Å². The average Bonchev–Trinajstić information content (AvgIpc) is 3.16. The highest BCUT2D eigenvalue weighted by atomic mass is 16.2. The van der Waals surface area contributed by atoms with Crippen LogP contribution in [0, 0.1) is 5.92 Å². The predicted molar refractivity (Wildman–Crippen MR) is 109 cm³/mol. The Labute approximate surface area is 167 Å². The molecule has 6 rings (SSSR count). The number of aromatic nitrogens is 4. The first kappa shape index (κ1) is 16.4. The molecule has 0 bridgehead atoms. The fourth-order valence-electron chi connectivity index (χ4n) is 4.42. The van der Waals surface area contributed by atoms with E-state index in [0.29, 0.717) is 18.4 Å². The first-order chi connectivity index (χ1) is 14.3. The first-order valence-electron chi connectivity index (χ1n) is 9.91. The lowest BCUT2D eigenvalue weighted by Gasteiger charge is -2.15. The predicted octanol–water partition coefficient (Wildman–Crippen LogP) is 3.58. The Morgan fingerprint density at radius 3 is 2.86 bits per heavy atom. The fraction of sp³-hybridized carbons (Fsp3) is 0.217. The topological polar surface area (TPSA) is 63.9 Å². The third-order valence-electron chi connectivity index (χ3n) is 6.00. The van der Waals surface area contributed by atoms with Gasteiger partial charge in [0.1, 0.15) is 0 Å². The largest absolute Gasteiger partial charge is 0.334 e. The molecule has 2 unspecified atom stereocenters. The van der Waals surface area contributed by atoms with Gasteiger partial charge in [-0.2, -0.15) is 5.10 Å². The van der Waals surface area contributed by atoms with Gasteiger partial charge in [-0.05, 0) is 54.8 Å². The first-order valence-corrected chi connectivity index (χ1v) is 9.91. The second-order valence-electron chi connectivity index (χ2n) is 7.82. The van der Waals surface area contributed by atoms with Gasteiger partial charge in [0, 0.05) is 54.4 Å². The van der Waals surface area contributed by atoms with Gasteiger partial charge in [0.05, 0.1) is 16.7 Å². The van der Waals surface area contributed by atoms with Crippen molar-refractivity contribution in [3.63, 3.8) is 0 Å². The van der Waals surface area contributed by atoms with Crippen LogP contribution < -0.4 is 0 Å². The summed E-state index contributed by atoms with van der Waals surface area (Å²) < 4.78 is 1.84. The third-order valence-corrected chi connectivity index (χ3v) is 6.00. The van der Waals surface area contributed by atoms with E-state index >= 15 is 0 Å². The van der Waals surface area contributed by atoms with E-state index in [0.717, 1.165) is 46.5 Å². The number of hydrogen-bond donors (Lipinski definition) is 0. The van der Waals surface area contributed by atoms with Gasteiger partial charge in [-0.15, -0.1) is 0 Å². The van der Waals surface area contributed by atoms with Crippen LogP contribution in [-0.4, -0.2) is 37.1 Å². The Morgan fingerprint density at radius 2 is 1.97 bits per heavy atom. The Bertz CT molecular complexity index is 1230. The summed E-state index contributed by atoms with van der Waals surface area (Å²) in [6.07, 6.45) is 6.54. The zero-order valence-electron chi connectivity index (χ0n) is 15.8. The van der Waals surface area contributed by atoms with E-state index in [2.05, 4.69) is 16.1 Å². The van der Waals surface area contributed by atoms with Crippen LogP contribution in [0.3, 0.4) is 0 Å². The van der Waals surface area contributed by atoms with Gasteiger partial charge >= 0.3 is 0 Å². The summed E-state index contributed by atoms with van der Waals surface area (Å²) >= 11 is 0. The minimum absolute atomic E-state index is 0.121. The molecule has 1 aliphatic carbocycles. The van der Waals surface area contributed by atoms with Crippen molar-refractivity contribution in [1.82, 2.24) is 24.6 Å². The number of benzene rings is 1. The number of carbonyl (C=O) groups excluding carboxylic acids is 1. The van der Waals surface area contributed by atoms with Crippen molar-refractivity contribution < 1.29 is 4.79 Å². The van der Waals surface area contributed by atoms with Crippen molar-refractivity contribution in [2.45, 2.75) is 18.9 Å². The van der Waals surface area contributed by atoms with Crippen LogP contribution in [0.4, 0.5) is 0 Å². The van der Waals surface area contributed by atoms with E-state index in [4.69, 9.17) is 4.98 Å². The molecule has 2 aliphatic rings. The molecular weight excluding hydrogens is 362 g/mol. The van der Waals surface area contributed by atoms with Crippen LogP contribution in [0.2, 0.25) is 0 Å². The summed E-state index contributed by atoms with van der Waals surface area (Å²) in [5.74, 6) is 1.00. The highest BCUT2D eigenvalue weighted by Gasteiger charge is 2.43. The van der Waals surface area contributed by atoms with Crippen molar-refractivity contribution in [3.05, 3.63) is 83.9 Å². The molecule has 142 valence electrons. The molecule has 1 saturated carbocycles. The van der Waals surface area contributed by atoms with E-state index in [1.807, 2.05) is 58.2 Å². The number of hydrogen-bond acceptors (Lipinski definition) is 4. The molecule has 0 radical (unpaired) electrons. The molecule has 29 heavy (non-hydrogen) atoms. The van der Waals surface area contributed by atoms with Gasteiger partial charge in [-0.25, -0.2) is 4.68 Å². The molecule has 1 amide bonds. The van der Waals surface area contributed by atoms with Crippen molar-refractivity contribution in [3.8, 4) is 5.69 Å². The lowest BCUT2D eigenvalue weighted by molar-refractivity contribution is 0.0770. The molecule has 0 spiro atoms. The van der Waals surface area contributed by atoms with Crippen LogP contribution in [0.25, 0.3) is 16.7 Å². The van der Waals surface area contributed by atoms with Gasteiger partial charge in [0.15, 0.2) is 0 Å². The van der Waals surface area contributed by atoms with Crippen LogP contribution in [0.15, 0.2) is 67.1 Å². The molecule has 3 aromatic heterocycles. The van der Waals surface area contributed by atoms with Gasteiger partial charge in [-0.1, -0.05) is 6.07 Å². The third kappa shape index (κ3) is 2.71. The Morgan fingerprint density at radius 1 is 1.00 bits per heavy atom. The van der Waals surface area contributed by atoms with Crippen LogP contribution in [-0.2, 0) is 6.54 Å². The molecule has 0 saturated heterocycles. The van der Waals surface area contributed by atoms with Crippen molar-refractivity contribution in [1.29, 1.82) is 0 Å². The van der Waals surface area contributed by atoms with E-state index in [9.17, 15) is 4.79 Å². The standard InChI is InChI=1S/C23H19N5O/c29-23-16-4-1-6-22(28-11-3-10-25-28)18(16)14-27(23)13-15-12-17(15)19-7-8-20-21(26-19)5-2-9-24-20/h1-11,15,17H,12-14H2. The summed E-state index contributed by atoms with van der Waals surface area (Å²) in [7, 11) is 0. The molecule has 6 nitrogen and oxygen atoms in total. The Kier molecular flexibility index (Phi) is 3.53. The number of amides is 1. The van der Waals surface area contributed by atoms with Crippen molar-refractivity contribution in [2.24, 2.45) is 5.92 Å². The van der Waals surface area contributed by atoms with Gasteiger partial charge < -0.3 is 4.90 Å². The minimum atomic E-state index is 0.121. The molecule has 1 fully saturated rings. The Balaban J connectivity index is 1.21. The molecular formula is C23H19N5O.